The molecule has 0 bridgehead atoms. The Morgan fingerprint density at radius 3 is 2.89 bits per heavy atom. The Morgan fingerprint density at radius 1 is 1.56 bits per heavy atom. The summed E-state index contributed by atoms with van der Waals surface area (Å²) < 4.78 is 0.823. The molecule has 0 aliphatic rings. The fourth-order valence-corrected chi connectivity index (χ4v) is 2.05. The Kier molecular flexibility index (Phi) is 6.15. The van der Waals surface area contributed by atoms with E-state index in [-0.39, 0.29) is 12.5 Å². The third-order valence-electron chi connectivity index (χ3n) is 2.93. The molecule has 0 aliphatic heterocycles. The number of nitrogens with one attached hydrogen (secondary N) is 1. The Balaban J connectivity index is 2.62. The molecule has 4 nitrogen and oxygen atoms in total. The molecule has 1 rings (SSSR count). The van der Waals surface area contributed by atoms with E-state index in [2.05, 4.69) is 21.2 Å². The van der Waals surface area contributed by atoms with Crippen LogP contribution in [-0.4, -0.2) is 24.2 Å². The highest BCUT2D eigenvalue weighted by atomic mass is 79.9. The van der Waals surface area contributed by atoms with Gasteiger partial charge in [0.2, 0.25) is 0 Å². The van der Waals surface area contributed by atoms with Crippen molar-refractivity contribution >= 4 is 27.5 Å². The number of rotatable bonds is 6. The zero-order chi connectivity index (χ0) is 13.5. The van der Waals surface area contributed by atoms with Gasteiger partial charge in [-0.3, -0.25) is 4.79 Å². The maximum Gasteiger partial charge on any atom is 0.253 e. The van der Waals surface area contributed by atoms with Crippen molar-refractivity contribution in [1.29, 1.82) is 0 Å². The largest absolute Gasteiger partial charge is 0.398 e. The van der Waals surface area contributed by atoms with E-state index >= 15 is 0 Å². The number of anilines is 1. The van der Waals surface area contributed by atoms with E-state index < -0.39 is 0 Å². The SMILES string of the molecule is CCC(CCO)CNC(=O)c1cc(Br)ccc1N. The number of nitrogen functional groups attached to an aromatic ring is 1. The van der Waals surface area contributed by atoms with Crippen LogP contribution in [0.1, 0.15) is 30.1 Å². The van der Waals surface area contributed by atoms with Gasteiger partial charge in [0.15, 0.2) is 0 Å². The molecular formula is C13H19BrN2O2. The van der Waals surface area contributed by atoms with Crippen molar-refractivity contribution in [3.8, 4) is 0 Å². The molecule has 0 spiro atoms. The molecule has 0 aromatic heterocycles. The van der Waals surface area contributed by atoms with Crippen LogP contribution in [-0.2, 0) is 0 Å². The lowest BCUT2D eigenvalue weighted by atomic mass is 10.0. The minimum absolute atomic E-state index is 0.146. The van der Waals surface area contributed by atoms with E-state index in [4.69, 9.17) is 10.8 Å². The minimum Gasteiger partial charge on any atom is -0.398 e. The van der Waals surface area contributed by atoms with Crippen molar-refractivity contribution in [3.63, 3.8) is 0 Å². The second-order valence-corrected chi connectivity index (χ2v) is 5.14. The molecule has 100 valence electrons. The maximum atomic E-state index is 12.0. The lowest BCUT2D eigenvalue weighted by Crippen LogP contribution is -2.30. The molecule has 18 heavy (non-hydrogen) atoms. The molecule has 0 saturated carbocycles. The van der Waals surface area contributed by atoms with Gasteiger partial charge in [-0.1, -0.05) is 29.3 Å². The Hall–Kier alpha value is -1.07. The zero-order valence-corrected chi connectivity index (χ0v) is 12.0. The average Bonchev–Trinajstić information content (AvgIpc) is 2.37. The average molecular weight is 315 g/mol. The number of hydrogen-bond acceptors (Lipinski definition) is 3. The second kappa shape index (κ2) is 7.38. The first kappa shape index (κ1) is 15.0. The predicted octanol–water partition coefficient (Wildman–Crippen LogP) is 2.17. The summed E-state index contributed by atoms with van der Waals surface area (Å²) >= 11 is 3.31. The molecule has 1 aromatic carbocycles. The van der Waals surface area contributed by atoms with Crippen molar-refractivity contribution < 1.29 is 9.90 Å². The predicted molar refractivity (Wildman–Crippen MR) is 76.4 cm³/mol. The highest BCUT2D eigenvalue weighted by molar-refractivity contribution is 9.10. The van der Waals surface area contributed by atoms with Crippen LogP contribution in [0.2, 0.25) is 0 Å². The van der Waals surface area contributed by atoms with Gasteiger partial charge in [-0.05, 0) is 30.5 Å². The first-order valence-electron chi connectivity index (χ1n) is 6.02. The monoisotopic (exact) mass is 314 g/mol. The summed E-state index contributed by atoms with van der Waals surface area (Å²) in [6, 6.07) is 5.20. The van der Waals surface area contributed by atoms with E-state index in [1.54, 1.807) is 18.2 Å². The summed E-state index contributed by atoms with van der Waals surface area (Å²) in [5, 5.41) is 11.7. The van der Waals surface area contributed by atoms with Crippen LogP contribution < -0.4 is 11.1 Å². The normalized spacial score (nSPS) is 12.2. The Labute approximate surface area is 116 Å². The van der Waals surface area contributed by atoms with Gasteiger partial charge in [0.05, 0.1) is 5.56 Å². The molecule has 4 N–H and O–H groups in total. The first-order chi connectivity index (χ1) is 8.58. The molecule has 1 aromatic rings. The van der Waals surface area contributed by atoms with Crippen LogP contribution in [0.5, 0.6) is 0 Å². The summed E-state index contributed by atoms with van der Waals surface area (Å²) in [5.41, 5.74) is 6.71. The van der Waals surface area contributed by atoms with Gasteiger partial charge < -0.3 is 16.2 Å². The highest BCUT2D eigenvalue weighted by Gasteiger charge is 2.12. The number of aliphatic hydroxyl groups excluding tert-OH is 1. The Bertz CT molecular complexity index is 410. The zero-order valence-electron chi connectivity index (χ0n) is 10.4. The summed E-state index contributed by atoms with van der Waals surface area (Å²) in [6.07, 6.45) is 1.62. The fraction of sp³-hybridized carbons (Fsp3) is 0.462. The number of nitrogens with two attached hydrogens (primary N) is 1. The van der Waals surface area contributed by atoms with Gasteiger partial charge in [0, 0.05) is 23.3 Å². The molecule has 1 unspecified atom stereocenters. The van der Waals surface area contributed by atoms with Crippen molar-refractivity contribution in [1.82, 2.24) is 5.32 Å². The molecule has 5 heteroatoms. The van der Waals surface area contributed by atoms with Crippen LogP contribution in [0.25, 0.3) is 0 Å². The number of aliphatic hydroxyl groups is 1. The summed E-state index contributed by atoms with van der Waals surface area (Å²) in [6.45, 7) is 2.75. The summed E-state index contributed by atoms with van der Waals surface area (Å²) in [5.74, 6) is 0.123. The lowest BCUT2D eigenvalue weighted by Gasteiger charge is -2.15. The van der Waals surface area contributed by atoms with Crippen molar-refractivity contribution in [2.24, 2.45) is 5.92 Å². The van der Waals surface area contributed by atoms with Gasteiger partial charge in [0.1, 0.15) is 0 Å². The van der Waals surface area contributed by atoms with Crippen LogP contribution in [0.3, 0.4) is 0 Å². The van der Waals surface area contributed by atoms with Crippen LogP contribution in [0, 0.1) is 5.92 Å². The number of halogens is 1. The van der Waals surface area contributed by atoms with Gasteiger partial charge in [0.25, 0.3) is 5.91 Å². The van der Waals surface area contributed by atoms with Crippen LogP contribution in [0.4, 0.5) is 5.69 Å². The Morgan fingerprint density at radius 2 is 2.28 bits per heavy atom. The molecule has 0 heterocycles. The van der Waals surface area contributed by atoms with Gasteiger partial charge >= 0.3 is 0 Å². The highest BCUT2D eigenvalue weighted by Crippen LogP contribution is 2.18. The number of hydrogen-bond donors (Lipinski definition) is 3. The first-order valence-corrected chi connectivity index (χ1v) is 6.81. The van der Waals surface area contributed by atoms with Gasteiger partial charge in [-0.15, -0.1) is 0 Å². The second-order valence-electron chi connectivity index (χ2n) is 4.23. The molecule has 0 aliphatic carbocycles. The van der Waals surface area contributed by atoms with E-state index in [0.29, 0.717) is 30.1 Å². The third kappa shape index (κ3) is 4.31. The van der Waals surface area contributed by atoms with Gasteiger partial charge in [-0.25, -0.2) is 0 Å². The van der Waals surface area contributed by atoms with Crippen LogP contribution in [0.15, 0.2) is 22.7 Å². The molecular weight excluding hydrogens is 296 g/mol. The number of amides is 1. The number of carbonyl (C=O) groups is 1. The van der Waals surface area contributed by atoms with Gasteiger partial charge in [-0.2, -0.15) is 0 Å². The molecule has 0 fully saturated rings. The number of benzene rings is 1. The quantitative estimate of drug-likeness (QED) is 0.704. The lowest BCUT2D eigenvalue weighted by molar-refractivity contribution is 0.0944. The molecule has 0 saturated heterocycles. The topological polar surface area (TPSA) is 75.3 Å². The summed E-state index contributed by atoms with van der Waals surface area (Å²) in [4.78, 5) is 12.0. The van der Waals surface area contributed by atoms with Crippen molar-refractivity contribution in [3.05, 3.63) is 28.2 Å². The van der Waals surface area contributed by atoms with E-state index in [9.17, 15) is 4.79 Å². The molecule has 1 atom stereocenters. The summed E-state index contributed by atoms with van der Waals surface area (Å²) in [7, 11) is 0. The van der Waals surface area contributed by atoms with E-state index in [1.165, 1.54) is 0 Å². The van der Waals surface area contributed by atoms with Crippen molar-refractivity contribution in [2.75, 3.05) is 18.9 Å². The minimum atomic E-state index is -0.176. The standard InChI is InChI=1S/C13H19BrN2O2/c1-2-9(5-6-17)8-16-13(18)11-7-10(14)3-4-12(11)15/h3-4,7,9,17H,2,5-6,8,15H2,1H3,(H,16,18). The third-order valence-corrected chi connectivity index (χ3v) is 3.42. The van der Waals surface area contributed by atoms with E-state index in [1.807, 2.05) is 6.92 Å². The smallest absolute Gasteiger partial charge is 0.253 e. The molecule has 0 radical (unpaired) electrons. The number of carbonyl (C=O) groups excluding carboxylic acids is 1. The van der Waals surface area contributed by atoms with Crippen LogP contribution >= 0.6 is 15.9 Å². The fourth-order valence-electron chi connectivity index (χ4n) is 1.69. The van der Waals surface area contributed by atoms with Crippen molar-refractivity contribution in [2.45, 2.75) is 19.8 Å². The van der Waals surface area contributed by atoms with E-state index in [0.717, 1.165) is 10.9 Å². The molecule has 1 amide bonds. The maximum absolute atomic E-state index is 12.0.